The van der Waals surface area contributed by atoms with Gasteiger partial charge in [-0.05, 0) is 26.0 Å². The lowest BCUT2D eigenvalue weighted by atomic mass is 9.95. The minimum absolute atomic E-state index is 0.649. The molecule has 1 aliphatic carbocycles. The Hall–Kier alpha value is -0.160. The fourth-order valence-corrected chi connectivity index (χ4v) is 4.13. The lowest BCUT2D eigenvalue weighted by Gasteiger charge is -2.24. The first-order valence-corrected chi connectivity index (χ1v) is 8.74. The van der Waals surface area contributed by atoms with E-state index in [9.17, 15) is 0 Å². The number of aromatic nitrogens is 3. The Labute approximate surface area is 112 Å². The molecule has 0 aromatic carbocycles. The molecular weight excluding hydrogens is 250 g/mol. The van der Waals surface area contributed by atoms with Crippen LogP contribution in [-0.4, -0.2) is 32.5 Å². The van der Waals surface area contributed by atoms with Crippen molar-refractivity contribution < 1.29 is 0 Å². The average Bonchev–Trinajstić information content (AvgIpc) is 2.72. The lowest BCUT2D eigenvalue weighted by Crippen LogP contribution is -2.15. The van der Waals surface area contributed by atoms with E-state index in [1.807, 2.05) is 23.5 Å². The molecule has 0 unspecified atom stereocenters. The number of thioether (sulfide) groups is 2. The van der Waals surface area contributed by atoms with Gasteiger partial charge in [0.25, 0.3) is 0 Å². The normalized spacial score (nSPS) is 17.5. The van der Waals surface area contributed by atoms with Crippen molar-refractivity contribution in [2.75, 3.05) is 17.8 Å². The highest BCUT2D eigenvalue weighted by Crippen LogP contribution is 2.32. The fraction of sp³-hybridized carbons (Fsp3) is 0.833. The molecule has 1 aromatic heterocycles. The highest BCUT2D eigenvalue weighted by molar-refractivity contribution is 8.02. The van der Waals surface area contributed by atoms with E-state index < -0.39 is 0 Å². The third kappa shape index (κ3) is 3.41. The van der Waals surface area contributed by atoms with Crippen LogP contribution in [0.2, 0.25) is 0 Å². The van der Waals surface area contributed by atoms with E-state index in [0.717, 1.165) is 16.7 Å². The van der Waals surface area contributed by atoms with E-state index in [-0.39, 0.29) is 0 Å². The van der Waals surface area contributed by atoms with Crippen LogP contribution in [0.15, 0.2) is 5.16 Å². The van der Waals surface area contributed by atoms with Crippen LogP contribution in [0.5, 0.6) is 0 Å². The Balaban J connectivity index is 2.05. The zero-order chi connectivity index (χ0) is 12.1. The van der Waals surface area contributed by atoms with E-state index in [2.05, 4.69) is 27.9 Å². The Morgan fingerprint density at radius 1 is 1.18 bits per heavy atom. The van der Waals surface area contributed by atoms with Gasteiger partial charge in [-0.1, -0.05) is 31.0 Å². The maximum atomic E-state index is 4.33. The molecule has 3 nitrogen and oxygen atoms in total. The van der Waals surface area contributed by atoms with Crippen molar-refractivity contribution in [2.45, 2.75) is 50.2 Å². The minimum Gasteiger partial charge on any atom is -0.303 e. The van der Waals surface area contributed by atoms with Crippen molar-refractivity contribution >= 4 is 23.5 Å². The highest BCUT2D eigenvalue weighted by atomic mass is 32.2. The molecule has 0 radical (unpaired) electrons. The summed E-state index contributed by atoms with van der Waals surface area (Å²) in [4.78, 5) is 0. The van der Waals surface area contributed by atoms with Crippen molar-refractivity contribution in [3.05, 3.63) is 5.82 Å². The van der Waals surface area contributed by atoms with Crippen molar-refractivity contribution in [3.8, 4) is 0 Å². The van der Waals surface area contributed by atoms with Crippen LogP contribution in [0, 0.1) is 6.92 Å². The molecule has 0 aliphatic heterocycles. The van der Waals surface area contributed by atoms with Gasteiger partial charge in [0.15, 0.2) is 5.16 Å². The Morgan fingerprint density at radius 3 is 2.65 bits per heavy atom. The first kappa shape index (κ1) is 13.3. The molecule has 0 N–H and O–H groups in total. The number of hydrogen-bond acceptors (Lipinski definition) is 4. The third-order valence-electron chi connectivity index (χ3n) is 3.29. The maximum Gasteiger partial charge on any atom is 0.191 e. The first-order valence-electron chi connectivity index (χ1n) is 6.36. The molecule has 0 spiro atoms. The van der Waals surface area contributed by atoms with Gasteiger partial charge in [0.05, 0.1) is 0 Å². The van der Waals surface area contributed by atoms with Crippen LogP contribution >= 0.6 is 23.5 Å². The van der Waals surface area contributed by atoms with Crippen LogP contribution in [0.25, 0.3) is 0 Å². The summed E-state index contributed by atoms with van der Waals surface area (Å²) < 4.78 is 2.38. The van der Waals surface area contributed by atoms with Gasteiger partial charge in [-0.2, -0.15) is 11.8 Å². The van der Waals surface area contributed by atoms with Crippen LogP contribution in [0.4, 0.5) is 0 Å². The average molecular weight is 271 g/mol. The Morgan fingerprint density at radius 2 is 1.94 bits per heavy atom. The molecule has 2 rings (SSSR count). The summed E-state index contributed by atoms with van der Waals surface area (Å²) in [7, 11) is 0. The van der Waals surface area contributed by atoms with Gasteiger partial charge in [-0.3, -0.25) is 0 Å². The molecule has 1 aromatic rings. The van der Waals surface area contributed by atoms with E-state index in [1.165, 1.54) is 37.9 Å². The predicted octanol–water partition coefficient (Wildman–Crippen LogP) is 3.55. The van der Waals surface area contributed by atoms with Gasteiger partial charge in [-0.15, -0.1) is 10.2 Å². The van der Waals surface area contributed by atoms with Gasteiger partial charge in [0.2, 0.25) is 0 Å². The molecule has 1 fully saturated rings. The highest BCUT2D eigenvalue weighted by Gasteiger charge is 2.20. The molecule has 0 saturated heterocycles. The van der Waals surface area contributed by atoms with E-state index in [0.29, 0.717) is 6.04 Å². The van der Waals surface area contributed by atoms with Gasteiger partial charge in [-0.25, -0.2) is 0 Å². The smallest absolute Gasteiger partial charge is 0.191 e. The number of rotatable bonds is 5. The van der Waals surface area contributed by atoms with Crippen LogP contribution in [0.1, 0.15) is 44.0 Å². The second-order valence-corrected chi connectivity index (χ2v) is 6.58. The van der Waals surface area contributed by atoms with E-state index in [4.69, 9.17) is 0 Å². The summed E-state index contributed by atoms with van der Waals surface area (Å²) in [6.45, 7) is 2.08. The molecular formula is C12H21N3S2. The summed E-state index contributed by atoms with van der Waals surface area (Å²) in [5.74, 6) is 3.40. The molecule has 1 aliphatic rings. The summed E-state index contributed by atoms with van der Waals surface area (Å²) in [6, 6.07) is 0.649. The summed E-state index contributed by atoms with van der Waals surface area (Å²) in [5, 5.41) is 9.71. The monoisotopic (exact) mass is 271 g/mol. The molecule has 1 saturated carbocycles. The second kappa shape index (κ2) is 6.69. The number of aryl methyl sites for hydroxylation is 1. The molecule has 0 amide bonds. The first-order chi connectivity index (χ1) is 8.33. The molecule has 17 heavy (non-hydrogen) atoms. The molecule has 0 bridgehead atoms. The molecule has 1 heterocycles. The van der Waals surface area contributed by atoms with Gasteiger partial charge in [0, 0.05) is 17.5 Å². The molecule has 5 heteroatoms. The topological polar surface area (TPSA) is 30.7 Å². The Kier molecular flexibility index (Phi) is 5.22. The SMILES string of the molecule is CSCCSc1nnc(C)n1C1CCCCC1. The quantitative estimate of drug-likeness (QED) is 0.605. The standard InChI is InChI=1S/C12H21N3S2/c1-10-13-14-12(17-9-8-16-2)15(10)11-6-4-3-5-7-11/h11H,3-9H2,1-2H3. The van der Waals surface area contributed by atoms with Crippen molar-refractivity contribution in [1.29, 1.82) is 0 Å². The van der Waals surface area contributed by atoms with E-state index in [1.54, 1.807) is 0 Å². The molecule has 96 valence electrons. The Bertz CT molecular complexity index is 346. The third-order valence-corrected chi connectivity index (χ3v) is 5.11. The molecule has 0 atom stereocenters. The minimum atomic E-state index is 0.649. The largest absolute Gasteiger partial charge is 0.303 e. The summed E-state index contributed by atoms with van der Waals surface area (Å²) in [6.07, 6.45) is 8.86. The lowest BCUT2D eigenvalue weighted by molar-refractivity contribution is 0.332. The second-order valence-electron chi connectivity index (χ2n) is 4.53. The summed E-state index contributed by atoms with van der Waals surface area (Å²) in [5.41, 5.74) is 0. The number of hydrogen-bond donors (Lipinski definition) is 0. The van der Waals surface area contributed by atoms with E-state index >= 15 is 0 Å². The van der Waals surface area contributed by atoms with Crippen molar-refractivity contribution in [3.63, 3.8) is 0 Å². The van der Waals surface area contributed by atoms with Crippen LogP contribution < -0.4 is 0 Å². The zero-order valence-corrected chi connectivity index (χ0v) is 12.3. The van der Waals surface area contributed by atoms with Crippen molar-refractivity contribution in [1.82, 2.24) is 14.8 Å². The van der Waals surface area contributed by atoms with Gasteiger partial charge >= 0.3 is 0 Å². The van der Waals surface area contributed by atoms with Crippen molar-refractivity contribution in [2.24, 2.45) is 0 Å². The zero-order valence-electron chi connectivity index (χ0n) is 10.7. The number of nitrogens with zero attached hydrogens (tertiary/aromatic N) is 3. The van der Waals surface area contributed by atoms with Gasteiger partial charge in [0.1, 0.15) is 5.82 Å². The van der Waals surface area contributed by atoms with Crippen LogP contribution in [0.3, 0.4) is 0 Å². The predicted molar refractivity (Wildman–Crippen MR) is 76.0 cm³/mol. The maximum absolute atomic E-state index is 4.33. The fourth-order valence-electron chi connectivity index (χ4n) is 2.42. The van der Waals surface area contributed by atoms with Crippen LogP contribution in [-0.2, 0) is 0 Å². The van der Waals surface area contributed by atoms with Gasteiger partial charge < -0.3 is 4.57 Å². The summed E-state index contributed by atoms with van der Waals surface area (Å²) >= 11 is 3.75.